The number of hydrogen-bond acceptors (Lipinski definition) is 2. The zero-order valence-electron chi connectivity index (χ0n) is 12.8. The molecule has 0 radical (unpaired) electrons. The summed E-state index contributed by atoms with van der Waals surface area (Å²) in [4.78, 5) is 25.4. The SMILES string of the molecule is Cc1cccc(NC(=O)N2CCC(C)(C)CC2)c1C(=O)O. The monoisotopic (exact) mass is 290 g/mol. The summed E-state index contributed by atoms with van der Waals surface area (Å²) in [6.45, 7) is 7.53. The largest absolute Gasteiger partial charge is 0.478 e. The van der Waals surface area contributed by atoms with Gasteiger partial charge < -0.3 is 15.3 Å². The predicted octanol–water partition coefficient (Wildman–Crippen LogP) is 3.35. The average molecular weight is 290 g/mol. The number of benzene rings is 1. The zero-order valence-corrected chi connectivity index (χ0v) is 12.8. The van der Waals surface area contributed by atoms with Crippen molar-refractivity contribution in [1.82, 2.24) is 4.90 Å². The quantitative estimate of drug-likeness (QED) is 0.877. The van der Waals surface area contributed by atoms with Gasteiger partial charge in [-0.1, -0.05) is 26.0 Å². The maximum atomic E-state index is 12.3. The summed E-state index contributed by atoms with van der Waals surface area (Å²) < 4.78 is 0. The van der Waals surface area contributed by atoms with Gasteiger partial charge in [-0.15, -0.1) is 0 Å². The van der Waals surface area contributed by atoms with Crippen LogP contribution in [-0.2, 0) is 0 Å². The number of piperidine rings is 1. The topological polar surface area (TPSA) is 69.6 Å². The molecule has 21 heavy (non-hydrogen) atoms. The van der Waals surface area contributed by atoms with E-state index in [1.165, 1.54) is 0 Å². The standard InChI is InChI=1S/C16H22N2O3/c1-11-5-4-6-12(13(11)14(19)20)17-15(21)18-9-7-16(2,3)8-10-18/h4-6H,7-10H2,1-3H3,(H,17,21)(H,19,20). The molecule has 2 amide bonds. The summed E-state index contributed by atoms with van der Waals surface area (Å²) in [6, 6.07) is 4.88. The number of amides is 2. The fourth-order valence-corrected chi connectivity index (χ4v) is 2.57. The second kappa shape index (κ2) is 5.76. The number of rotatable bonds is 2. The molecule has 1 aliphatic heterocycles. The molecular formula is C16H22N2O3. The molecule has 0 atom stereocenters. The van der Waals surface area contributed by atoms with Gasteiger partial charge in [0, 0.05) is 13.1 Å². The molecule has 2 N–H and O–H groups in total. The molecule has 0 unspecified atom stereocenters. The highest BCUT2D eigenvalue weighted by atomic mass is 16.4. The molecule has 2 rings (SSSR count). The summed E-state index contributed by atoms with van der Waals surface area (Å²) in [5, 5.41) is 12.0. The molecule has 0 aromatic heterocycles. The van der Waals surface area contributed by atoms with E-state index in [0.29, 0.717) is 24.3 Å². The van der Waals surface area contributed by atoms with Crippen molar-refractivity contribution in [3.63, 3.8) is 0 Å². The van der Waals surface area contributed by atoms with Crippen LogP contribution in [0, 0.1) is 12.3 Å². The minimum Gasteiger partial charge on any atom is -0.478 e. The lowest BCUT2D eigenvalue weighted by Crippen LogP contribution is -2.43. The average Bonchev–Trinajstić information content (AvgIpc) is 2.38. The first-order valence-corrected chi connectivity index (χ1v) is 7.19. The van der Waals surface area contributed by atoms with Crippen LogP contribution in [-0.4, -0.2) is 35.1 Å². The van der Waals surface area contributed by atoms with Gasteiger partial charge in [0.2, 0.25) is 0 Å². The highest BCUT2D eigenvalue weighted by molar-refractivity contribution is 6.01. The Balaban J connectivity index is 2.11. The number of carbonyl (C=O) groups excluding carboxylic acids is 1. The lowest BCUT2D eigenvalue weighted by Gasteiger charge is -2.36. The molecule has 5 nitrogen and oxygen atoms in total. The van der Waals surface area contributed by atoms with Gasteiger partial charge in [-0.3, -0.25) is 0 Å². The highest BCUT2D eigenvalue weighted by Crippen LogP contribution is 2.30. The van der Waals surface area contributed by atoms with E-state index in [1.807, 2.05) is 0 Å². The van der Waals surface area contributed by atoms with Crippen molar-refractivity contribution in [2.75, 3.05) is 18.4 Å². The summed E-state index contributed by atoms with van der Waals surface area (Å²) in [7, 11) is 0. The van der Waals surface area contributed by atoms with Crippen LogP contribution in [0.2, 0.25) is 0 Å². The van der Waals surface area contributed by atoms with Crippen molar-refractivity contribution in [3.8, 4) is 0 Å². The fourth-order valence-electron chi connectivity index (χ4n) is 2.57. The molecular weight excluding hydrogens is 268 g/mol. The third-order valence-electron chi connectivity index (χ3n) is 4.13. The van der Waals surface area contributed by atoms with Gasteiger partial charge in [0.05, 0.1) is 11.3 Å². The number of carboxylic acids is 1. The third kappa shape index (κ3) is 3.54. The fraction of sp³-hybridized carbons (Fsp3) is 0.500. The van der Waals surface area contributed by atoms with E-state index < -0.39 is 5.97 Å². The van der Waals surface area contributed by atoms with Crippen LogP contribution in [0.25, 0.3) is 0 Å². The number of nitrogens with one attached hydrogen (secondary N) is 1. The summed E-state index contributed by atoms with van der Waals surface area (Å²) in [5.41, 5.74) is 1.42. The van der Waals surface area contributed by atoms with Crippen LogP contribution in [0.3, 0.4) is 0 Å². The number of anilines is 1. The molecule has 114 valence electrons. The Morgan fingerprint density at radius 3 is 2.43 bits per heavy atom. The summed E-state index contributed by atoms with van der Waals surface area (Å²) in [6.07, 6.45) is 1.92. The maximum Gasteiger partial charge on any atom is 0.338 e. The maximum absolute atomic E-state index is 12.3. The summed E-state index contributed by atoms with van der Waals surface area (Å²) >= 11 is 0. The Hall–Kier alpha value is -2.04. The molecule has 1 heterocycles. The lowest BCUT2D eigenvalue weighted by molar-refractivity contribution is 0.0697. The van der Waals surface area contributed by atoms with Gasteiger partial charge in [0.1, 0.15) is 0 Å². The first kappa shape index (κ1) is 15.4. The Bertz CT molecular complexity index is 557. The summed E-state index contributed by atoms with van der Waals surface area (Å²) in [5.74, 6) is -1.02. The van der Waals surface area contributed by atoms with E-state index in [2.05, 4.69) is 19.2 Å². The molecule has 0 aliphatic carbocycles. The van der Waals surface area contributed by atoms with Crippen molar-refractivity contribution in [3.05, 3.63) is 29.3 Å². The van der Waals surface area contributed by atoms with Crippen LogP contribution in [0.5, 0.6) is 0 Å². The molecule has 1 aromatic carbocycles. The van der Waals surface area contributed by atoms with Crippen LogP contribution in [0.4, 0.5) is 10.5 Å². The van der Waals surface area contributed by atoms with Crippen LogP contribution < -0.4 is 5.32 Å². The highest BCUT2D eigenvalue weighted by Gasteiger charge is 2.28. The Labute approximate surface area is 125 Å². The van der Waals surface area contributed by atoms with Gasteiger partial charge in [0.25, 0.3) is 0 Å². The van der Waals surface area contributed by atoms with Crippen LogP contribution in [0.15, 0.2) is 18.2 Å². The van der Waals surface area contributed by atoms with Gasteiger partial charge in [0.15, 0.2) is 0 Å². The van der Waals surface area contributed by atoms with Gasteiger partial charge in [-0.2, -0.15) is 0 Å². The van der Waals surface area contributed by atoms with Crippen molar-refractivity contribution in [2.45, 2.75) is 33.6 Å². The van der Waals surface area contributed by atoms with Crippen molar-refractivity contribution < 1.29 is 14.7 Å². The van der Waals surface area contributed by atoms with Crippen LogP contribution in [0.1, 0.15) is 42.6 Å². The number of urea groups is 1. The minimum absolute atomic E-state index is 0.156. The molecule has 0 saturated carbocycles. The smallest absolute Gasteiger partial charge is 0.338 e. The second-order valence-electron chi connectivity index (χ2n) is 6.38. The number of carboxylic acid groups (broad SMARTS) is 1. The number of aryl methyl sites for hydroxylation is 1. The third-order valence-corrected chi connectivity index (χ3v) is 4.13. The Morgan fingerprint density at radius 1 is 1.24 bits per heavy atom. The first-order valence-electron chi connectivity index (χ1n) is 7.19. The van der Waals surface area contributed by atoms with E-state index in [9.17, 15) is 14.7 Å². The predicted molar refractivity (Wildman–Crippen MR) is 81.7 cm³/mol. The number of nitrogens with zero attached hydrogens (tertiary/aromatic N) is 1. The second-order valence-corrected chi connectivity index (χ2v) is 6.38. The van der Waals surface area contributed by atoms with Crippen molar-refractivity contribution in [2.24, 2.45) is 5.41 Å². The van der Waals surface area contributed by atoms with E-state index >= 15 is 0 Å². The van der Waals surface area contributed by atoms with Gasteiger partial charge in [-0.25, -0.2) is 9.59 Å². The number of carbonyl (C=O) groups is 2. The number of aromatic carboxylic acids is 1. The number of hydrogen-bond donors (Lipinski definition) is 2. The Kier molecular flexibility index (Phi) is 4.21. The van der Waals surface area contributed by atoms with Crippen LogP contribution >= 0.6 is 0 Å². The molecule has 1 saturated heterocycles. The van der Waals surface area contributed by atoms with E-state index in [1.54, 1.807) is 30.0 Å². The van der Waals surface area contributed by atoms with E-state index in [4.69, 9.17) is 0 Å². The molecule has 5 heteroatoms. The zero-order chi connectivity index (χ0) is 15.6. The molecule has 1 aliphatic rings. The minimum atomic E-state index is -1.02. The molecule has 0 spiro atoms. The van der Waals surface area contributed by atoms with Crippen molar-refractivity contribution in [1.29, 1.82) is 0 Å². The first-order chi connectivity index (χ1) is 9.80. The molecule has 1 aromatic rings. The van der Waals surface area contributed by atoms with Crippen molar-refractivity contribution >= 4 is 17.7 Å². The molecule has 1 fully saturated rings. The van der Waals surface area contributed by atoms with Gasteiger partial charge >= 0.3 is 12.0 Å². The number of likely N-dealkylation sites (tertiary alicyclic amines) is 1. The molecule has 0 bridgehead atoms. The normalized spacial score (nSPS) is 17.4. The lowest BCUT2D eigenvalue weighted by atomic mass is 9.83. The Morgan fingerprint density at radius 2 is 1.86 bits per heavy atom. The van der Waals surface area contributed by atoms with Gasteiger partial charge in [-0.05, 0) is 36.8 Å². The van der Waals surface area contributed by atoms with E-state index in [0.717, 1.165) is 12.8 Å². The van der Waals surface area contributed by atoms with E-state index in [-0.39, 0.29) is 17.0 Å².